The number of nitrogens with zero attached hydrogens (tertiary/aromatic N) is 1. The topological polar surface area (TPSA) is 60.0 Å². The van der Waals surface area contributed by atoms with Gasteiger partial charge in [0.2, 0.25) is 0 Å². The predicted molar refractivity (Wildman–Crippen MR) is 88.3 cm³/mol. The van der Waals surface area contributed by atoms with Crippen LogP contribution in [0, 0.1) is 10.5 Å². The molecule has 0 fully saturated rings. The second-order valence-corrected chi connectivity index (χ2v) is 5.90. The molecular weight excluding hydrogens is 377 g/mol. The molecular formula is C13H13ClIN3O. The monoisotopic (exact) mass is 389 g/mol. The van der Waals surface area contributed by atoms with Crippen LogP contribution in [-0.2, 0) is 7.05 Å². The van der Waals surface area contributed by atoms with Gasteiger partial charge in [-0.05, 0) is 53.8 Å². The lowest BCUT2D eigenvalue weighted by Gasteiger charge is -2.15. The minimum atomic E-state index is -0.0849. The first-order valence-electron chi connectivity index (χ1n) is 5.58. The summed E-state index contributed by atoms with van der Waals surface area (Å²) in [5, 5.41) is 3.69. The molecule has 0 bridgehead atoms. The highest BCUT2D eigenvalue weighted by Gasteiger charge is 2.10. The first-order valence-corrected chi connectivity index (χ1v) is 7.04. The fraction of sp³-hybridized carbons (Fsp3) is 0.154. The van der Waals surface area contributed by atoms with Crippen molar-refractivity contribution in [2.24, 2.45) is 7.05 Å². The summed E-state index contributed by atoms with van der Waals surface area (Å²) in [4.78, 5) is 11.9. The van der Waals surface area contributed by atoms with E-state index in [-0.39, 0.29) is 5.56 Å². The zero-order valence-corrected chi connectivity index (χ0v) is 13.4. The number of benzene rings is 1. The summed E-state index contributed by atoms with van der Waals surface area (Å²) in [6.07, 6.45) is 0. The molecule has 1 heterocycles. The van der Waals surface area contributed by atoms with Crippen molar-refractivity contribution in [1.82, 2.24) is 4.57 Å². The normalized spacial score (nSPS) is 10.5. The number of aromatic nitrogens is 1. The Balaban J connectivity index is 2.50. The van der Waals surface area contributed by atoms with E-state index in [1.807, 2.05) is 18.2 Å². The number of hydrogen-bond acceptors (Lipinski definition) is 3. The summed E-state index contributed by atoms with van der Waals surface area (Å²) < 4.78 is 2.53. The van der Waals surface area contributed by atoms with Gasteiger partial charge in [-0.3, -0.25) is 9.36 Å². The second kappa shape index (κ2) is 5.42. The Morgan fingerprint density at radius 3 is 2.68 bits per heavy atom. The van der Waals surface area contributed by atoms with Crippen molar-refractivity contribution in [3.05, 3.63) is 48.8 Å². The van der Waals surface area contributed by atoms with Crippen LogP contribution >= 0.6 is 34.2 Å². The van der Waals surface area contributed by atoms with Gasteiger partial charge in [-0.25, -0.2) is 0 Å². The smallest absolute Gasteiger partial charge is 0.254 e. The number of nitrogens with one attached hydrogen (secondary N) is 1. The van der Waals surface area contributed by atoms with Gasteiger partial charge in [0, 0.05) is 16.2 Å². The number of halogens is 2. The molecule has 1 aromatic carbocycles. The highest BCUT2D eigenvalue weighted by atomic mass is 127. The third kappa shape index (κ3) is 2.87. The van der Waals surface area contributed by atoms with Gasteiger partial charge in [-0.1, -0.05) is 11.6 Å². The van der Waals surface area contributed by atoms with Crippen LogP contribution in [0.1, 0.15) is 5.56 Å². The molecule has 0 radical (unpaired) electrons. The highest BCUT2D eigenvalue weighted by molar-refractivity contribution is 14.1. The molecule has 0 saturated heterocycles. The summed E-state index contributed by atoms with van der Waals surface area (Å²) in [6, 6.07) is 7.28. The molecule has 0 spiro atoms. The molecule has 0 amide bonds. The quantitative estimate of drug-likeness (QED) is 0.775. The molecule has 0 saturated carbocycles. The van der Waals surface area contributed by atoms with Crippen molar-refractivity contribution in [3.63, 3.8) is 0 Å². The molecule has 0 aliphatic rings. The van der Waals surface area contributed by atoms with Crippen LogP contribution in [0.15, 0.2) is 29.1 Å². The molecule has 2 aromatic rings. The molecule has 2 rings (SSSR count). The maximum Gasteiger partial charge on any atom is 0.254 e. The summed E-state index contributed by atoms with van der Waals surface area (Å²) in [5.41, 5.74) is 7.70. The van der Waals surface area contributed by atoms with E-state index in [9.17, 15) is 4.79 Å². The van der Waals surface area contributed by atoms with Gasteiger partial charge in [0.15, 0.2) is 0 Å². The summed E-state index contributed by atoms with van der Waals surface area (Å²) >= 11 is 8.34. The fourth-order valence-electron chi connectivity index (χ4n) is 1.80. The van der Waals surface area contributed by atoms with Crippen molar-refractivity contribution in [3.8, 4) is 0 Å². The number of anilines is 3. The minimum absolute atomic E-state index is 0.0849. The Bertz CT molecular complexity index is 697. The molecule has 6 heteroatoms. The highest BCUT2D eigenvalue weighted by Crippen LogP contribution is 2.28. The number of aryl methyl sites for hydroxylation is 1. The van der Waals surface area contributed by atoms with Crippen LogP contribution in [0.25, 0.3) is 0 Å². The number of nitrogens with two attached hydrogens (primary N) is 1. The van der Waals surface area contributed by atoms with Gasteiger partial charge >= 0.3 is 0 Å². The van der Waals surface area contributed by atoms with E-state index in [0.29, 0.717) is 27.8 Å². The third-order valence-corrected chi connectivity index (χ3v) is 3.79. The van der Waals surface area contributed by atoms with Crippen molar-refractivity contribution in [1.29, 1.82) is 0 Å². The third-order valence-electron chi connectivity index (χ3n) is 2.81. The zero-order chi connectivity index (χ0) is 14.2. The van der Waals surface area contributed by atoms with Crippen LogP contribution in [0.2, 0.25) is 5.02 Å². The second-order valence-electron chi connectivity index (χ2n) is 4.24. The van der Waals surface area contributed by atoms with E-state index in [0.717, 1.165) is 3.57 Å². The first-order chi connectivity index (χ1) is 8.90. The summed E-state index contributed by atoms with van der Waals surface area (Å²) in [6.45, 7) is 1.74. The Kier molecular flexibility index (Phi) is 4.05. The lowest BCUT2D eigenvalue weighted by Crippen LogP contribution is -2.22. The van der Waals surface area contributed by atoms with E-state index in [1.54, 1.807) is 20.0 Å². The fourth-order valence-corrected chi connectivity index (χ4v) is 2.70. The molecule has 1 aromatic heterocycles. The average Bonchev–Trinajstić information content (AvgIpc) is 2.34. The van der Waals surface area contributed by atoms with Crippen LogP contribution in [-0.4, -0.2) is 4.57 Å². The summed E-state index contributed by atoms with van der Waals surface area (Å²) in [5.74, 6) is 0.540. The lowest BCUT2D eigenvalue weighted by atomic mass is 10.2. The maximum absolute atomic E-state index is 11.9. The van der Waals surface area contributed by atoms with Gasteiger partial charge in [-0.2, -0.15) is 0 Å². The Hall–Kier alpha value is -1.21. The van der Waals surface area contributed by atoms with E-state index >= 15 is 0 Å². The van der Waals surface area contributed by atoms with Gasteiger partial charge in [0.1, 0.15) is 5.82 Å². The van der Waals surface area contributed by atoms with Gasteiger partial charge in [-0.15, -0.1) is 0 Å². The lowest BCUT2D eigenvalue weighted by molar-refractivity contribution is 0.861. The molecule has 0 atom stereocenters. The van der Waals surface area contributed by atoms with Gasteiger partial charge in [0.25, 0.3) is 5.56 Å². The molecule has 4 nitrogen and oxygen atoms in total. The standard InChI is InChI=1S/C13H13ClIN3O/c1-7-5-10(16)12(18(2)13(7)19)17-11-4-3-8(15)6-9(11)14/h3-6,17H,16H2,1-2H3. The molecule has 0 unspecified atom stereocenters. The Labute approximate surface area is 129 Å². The van der Waals surface area contributed by atoms with Crippen molar-refractivity contribution >= 4 is 51.4 Å². The Morgan fingerprint density at radius 2 is 2.05 bits per heavy atom. The van der Waals surface area contributed by atoms with Crippen molar-refractivity contribution in [2.75, 3.05) is 11.1 Å². The van der Waals surface area contributed by atoms with Crippen LogP contribution in [0.5, 0.6) is 0 Å². The Morgan fingerprint density at radius 1 is 1.37 bits per heavy atom. The average molecular weight is 390 g/mol. The number of nitrogen functional groups attached to an aromatic ring is 1. The van der Waals surface area contributed by atoms with E-state index < -0.39 is 0 Å². The largest absolute Gasteiger partial charge is 0.396 e. The minimum Gasteiger partial charge on any atom is -0.396 e. The van der Waals surface area contributed by atoms with Gasteiger partial charge in [0.05, 0.1) is 16.4 Å². The predicted octanol–water partition coefficient (Wildman–Crippen LogP) is 3.28. The zero-order valence-electron chi connectivity index (χ0n) is 10.5. The van der Waals surface area contributed by atoms with Crippen LogP contribution < -0.4 is 16.6 Å². The molecule has 100 valence electrons. The summed E-state index contributed by atoms with van der Waals surface area (Å²) in [7, 11) is 1.68. The molecule has 19 heavy (non-hydrogen) atoms. The number of pyridine rings is 1. The van der Waals surface area contributed by atoms with E-state index in [4.69, 9.17) is 17.3 Å². The van der Waals surface area contributed by atoms with Crippen LogP contribution in [0.3, 0.4) is 0 Å². The first kappa shape index (κ1) is 14.2. The molecule has 0 aliphatic heterocycles. The van der Waals surface area contributed by atoms with Gasteiger partial charge < -0.3 is 11.1 Å². The SMILES string of the molecule is Cc1cc(N)c(Nc2ccc(I)cc2Cl)n(C)c1=O. The van der Waals surface area contributed by atoms with Crippen LogP contribution in [0.4, 0.5) is 17.2 Å². The molecule has 0 aliphatic carbocycles. The maximum atomic E-state index is 11.9. The van der Waals surface area contributed by atoms with Crippen molar-refractivity contribution in [2.45, 2.75) is 6.92 Å². The van der Waals surface area contributed by atoms with E-state index in [1.165, 1.54) is 4.57 Å². The number of hydrogen-bond donors (Lipinski definition) is 2. The van der Waals surface area contributed by atoms with Crippen molar-refractivity contribution < 1.29 is 0 Å². The van der Waals surface area contributed by atoms with E-state index in [2.05, 4.69) is 27.9 Å². The number of rotatable bonds is 2. The molecule has 3 N–H and O–H groups in total.